The average Bonchev–Trinajstić information content (AvgIpc) is 3.13. The van der Waals surface area contributed by atoms with Crippen LogP contribution in [0.1, 0.15) is 31.2 Å². The Balaban J connectivity index is 0.00000225. The van der Waals surface area contributed by atoms with Crippen molar-refractivity contribution in [1.82, 2.24) is 10.2 Å². The number of aliphatic imine (C=N–C) groups is 1. The second-order valence-corrected chi connectivity index (χ2v) is 8.00. The van der Waals surface area contributed by atoms with Gasteiger partial charge in [-0.2, -0.15) is 0 Å². The standard InChI is InChI=1S/C21H31FN4O.HI/c1-23-21(26-14-17-4-2-3-5-18(17)15-26)24-13-16-6-7-20(19(22)12-16)25-8-10-27-11-9-25;/h6-7,12,17-18H,2-5,8-11,13-15H2,1H3,(H,23,24);1H. The number of hydrogen-bond donors (Lipinski definition) is 1. The van der Waals surface area contributed by atoms with E-state index >= 15 is 0 Å². The lowest BCUT2D eigenvalue weighted by Crippen LogP contribution is -2.40. The first kappa shape index (κ1) is 21.6. The Morgan fingerprint density at radius 1 is 1.18 bits per heavy atom. The Bertz CT molecular complexity index is 666. The van der Waals surface area contributed by atoms with Crippen molar-refractivity contribution in [2.24, 2.45) is 16.8 Å². The molecule has 1 aliphatic carbocycles. The van der Waals surface area contributed by atoms with Crippen LogP contribution in [-0.2, 0) is 11.3 Å². The predicted molar refractivity (Wildman–Crippen MR) is 122 cm³/mol. The van der Waals surface area contributed by atoms with Crippen LogP contribution in [0, 0.1) is 17.7 Å². The number of rotatable bonds is 3. The molecule has 2 atom stereocenters. The van der Waals surface area contributed by atoms with E-state index < -0.39 is 0 Å². The second kappa shape index (κ2) is 10.1. The lowest BCUT2D eigenvalue weighted by atomic mass is 9.82. The van der Waals surface area contributed by atoms with E-state index in [2.05, 4.69) is 20.1 Å². The molecule has 4 rings (SSSR count). The summed E-state index contributed by atoms with van der Waals surface area (Å²) < 4.78 is 19.9. The first-order valence-corrected chi connectivity index (χ1v) is 10.3. The normalized spacial score (nSPS) is 25.3. The third-order valence-corrected chi connectivity index (χ3v) is 6.30. The number of guanidine groups is 1. The largest absolute Gasteiger partial charge is 0.378 e. The number of likely N-dealkylation sites (tertiary alicyclic amines) is 1. The fourth-order valence-corrected chi connectivity index (χ4v) is 4.81. The van der Waals surface area contributed by atoms with Gasteiger partial charge in [-0.25, -0.2) is 4.39 Å². The van der Waals surface area contributed by atoms with E-state index in [1.54, 1.807) is 6.07 Å². The SMILES string of the molecule is CN=C(NCc1ccc(N2CCOCC2)c(F)c1)N1CC2CCCCC2C1.I. The molecular weight excluding hydrogens is 470 g/mol. The number of benzene rings is 1. The van der Waals surface area contributed by atoms with Crippen molar-refractivity contribution in [1.29, 1.82) is 0 Å². The van der Waals surface area contributed by atoms with Gasteiger partial charge < -0.3 is 19.9 Å². The van der Waals surface area contributed by atoms with Crippen molar-refractivity contribution in [2.75, 3.05) is 51.3 Å². The van der Waals surface area contributed by atoms with Crippen LogP contribution in [0.4, 0.5) is 10.1 Å². The molecular formula is C21H32FIN4O. The van der Waals surface area contributed by atoms with Crippen LogP contribution >= 0.6 is 24.0 Å². The topological polar surface area (TPSA) is 40.1 Å². The van der Waals surface area contributed by atoms with Crippen molar-refractivity contribution in [3.63, 3.8) is 0 Å². The Kier molecular flexibility index (Phi) is 7.79. The summed E-state index contributed by atoms with van der Waals surface area (Å²) in [6.07, 6.45) is 5.45. The van der Waals surface area contributed by atoms with Crippen molar-refractivity contribution in [2.45, 2.75) is 32.2 Å². The van der Waals surface area contributed by atoms with Crippen LogP contribution in [0.3, 0.4) is 0 Å². The van der Waals surface area contributed by atoms with Gasteiger partial charge >= 0.3 is 0 Å². The van der Waals surface area contributed by atoms with Crippen LogP contribution < -0.4 is 10.2 Å². The zero-order valence-corrected chi connectivity index (χ0v) is 19.0. The molecule has 2 heterocycles. The van der Waals surface area contributed by atoms with Crippen LogP contribution in [-0.4, -0.2) is 57.3 Å². The Labute approximate surface area is 184 Å². The highest BCUT2D eigenvalue weighted by atomic mass is 127. The van der Waals surface area contributed by atoms with Crippen LogP contribution in [0.25, 0.3) is 0 Å². The summed E-state index contributed by atoms with van der Waals surface area (Å²) in [7, 11) is 1.84. The van der Waals surface area contributed by atoms with Gasteiger partial charge in [-0.15, -0.1) is 24.0 Å². The summed E-state index contributed by atoms with van der Waals surface area (Å²) >= 11 is 0. The number of halogens is 2. The molecule has 2 unspecified atom stereocenters. The van der Waals surface area contributed by atoms with Gasteiger partial charge in [-0.05, 0) is 42.4 Å². The van der Waals surface area contributed by atoms with E-state index in [-0.39, 0.29) is 29.8 Å². The van der Waals surface area contributed by atoms with Gasteiger partial charge in [0.05, 0.1) is 18.9 Å². The van der Waals surface area contributed by atoms with Gasteiger partial charge in [0.2, 0.25) is 0 Å². The highest BCUT2D eigenvalue weighted by Crippen LogP contribution is 2.36. The molecule has 0 spiro atoms. The molecule has 156 valence electrons. The monoisotopic (exact) mass is 502 g/mol. The van der Waals surface area contributed by atoms with Crippen molar-refractivity contribution >= 4 is 35.6 Å². The molecule has 2 aliphatic heterocycles. The molecule has 7 heteroatoms. The van der Waals surface area contributed by atoms with E-state index in [1.165, 1.54) is 25.7 Å². The molecule has 28 heavy (non-hydrogen) atoms. The molecule has 0 bridgehead atoms. The van der Waals surface area contributed by atoms with Gasteiger partial charge in [0, 0.05) is 39.8 Å². The first-order chi connectivity index (χ1) is 13.2. The molecule has 0 aromatic heterocycles. The van der Waals surface area contributed by atoms with E-state index in [4.69, 9.17) is 4.74 Å². The quantitative estimate of drug-likeness (QED) is 0.391. The smallest absolute Gasteiger partial charge is 0.193 e. The van der Waals surface area contributed by atoms with E-state index in [9.17, 15) is 4.39 Å². The Hall–Kier alpha value is -1.09. The van der Waals surface area contributed by atoms with Gasteiger partial charge in [0.15, 0.2) is 5.96 Å². The maximum absolute atomic E-state index is 14.6. The highest BCUT2D eigenvalue weighted by Gasteiger charge is 2.35. The number of morpholine rings is 1. The van der Waals surface area contributed by atoms with Gasteiger partial charge in [0.25, 0.3) is 0 Å². The molecule has 1 N–H and O–H groups in total. The van der Waals surface area contributed by atoms with Gasteiger partial charge in [-0.1, -0.05) is 18.9 Å². The summed E-state index contributed by atoms with van der Waals surface area (Å²) in [6, 6.07) is 5.55. The Morgan fingerprint density at radius 3 is 2.46 bits per heavy atom. The number of ether oxygens (including phenoxy) is 1. The predicted octanol–water partition coefficient (Wildman–Crippen LogP) is 3.48. The minimum atomic E-state index is -0.154. The number of hydrogen-bond acceptors (Lipinski definition) is 3. The van der Waals surface area contributed by atoms with Crippen LogP contribution in [0.5, 0.6) is 0 Å². The minimum Gasteiger partial charge on any atom is -0.378 e. The molecule has 2 saturated heterocycles. The second-order valence-electron chi connectivity index (χ2n) is 8.00. The summed E-state index contributed by atoms with van der Waals surface area (Å²) in [5, 5.41) is 3.44. The number of anilines is 1. The molecule has 5 nitrogen and oxygen atoms in total. The maximum atomic E-state index is 14.6. The van der Waals surface area contributed by atoms with E-state index in [1.807, 2.05) is 19.2 Å². The van der Waals surface area contributed by atoms with Crippen LogP contribution in [0.2, 0.25) is 0 Å². The zero-order chi connectivity index (χ0) is 18.6. The van der Waals surface area contributed by atoms with Crippen molar-refractivity contribution in [3.8, 4) is 0 Å². The van der Waals surface area contributed by atoms with Crippen LogP contribution in [0.15, 0.2) is 23.2 Å². The lowest BCUT2D eigenvalue weighted by molar-refractivity contribution is 0.122. The third kappa shape index (κ3) is 4.90. The fraction of sp³-hybridized carbons (Fsp3) is 0.667. The van der Waals surface area contributed by atoms with E-state index in [0.717, 1.165) is 49.5 Å². The summed E-state index contributed by atoms with van der Waals surface area (Å²) in [5.74, 6) is 2.44. The maximum Gasteiger partial charge on any atom is 0.193 e. The molecule has 0 amide bonds. The highest BCUT2D eigenvalue weighted by molar-refractivity contribution is 14.0. The summed E-state index contributed by atoms with van der Waals surface area (Å²) in [4.78, 5) is 8.92. The van der Waals surface area contributed by atoms with Gasteiger partial charge in [0.1, 0.15) is 5.82 Å². The number of nitrogens with zero attached hydrogens (tertiary/aromatic N) is 3. The van der Waals surface area contributed by atoms with E-state index in [0.29, 0.717) is 25.4 Å². The van der Waals surface area contributed by atoms with Crippen molar-refractivity contribution < 1.29 is 9.13 Å². The number of nitrogens with one attached hydrogen (secondary N) is 1. The zero-order valence-electron chi connectivity index (χ0n) is 16.7. The average molecular weight is 502 g/mol. The molecule has 3 aliphatic rings. The fourth-order valence-electron chi connectivity index (χ4n) is 4.81. The minimum absolute atomic E-state index is 0. The molecule has 3 fully saturated rings. The lowest BCUT2D eigenvalue weighted by Gasteiger charge is -2.29. The first-order valence-electron chi connectivity index (χ1n) is 10.3. The third-order valence-electron chi connectivity index (χ3n) is 6.30. The molecule has 1 aromatic carbocycles. The van der Waals surface area contributed by atoms with Gasteiger partial charge in [-0.3, -0.25) is 4.99 Å². The molecule has 0 radical (unpaired) electrons. The Morgan fingerprint density at radius 2 is 1.86 bits per heavy atom. The molecule has 1 saturated carbocycles. The summed E-state index contributed by atoms with van der Waals surface area (Å²) in [5.41, 5.74) is 1.62. The number of fused-ring (bicyclic) bond motifs is 1. The molecule has 1 aromatic rings. The summed E-state index contributed by atoms with van der Waals surface area (Å²) in [6.45, 7) is 5.63. The van der Waals surface area contributed by atoms with Crippen molar-refractivity contribution in [3.05, 3.63) is 29.6 Å².